The summed E-state index contributed by atoms with van der Waals surface area (Å²) in [5.74, 6) is 0.305. The van der Waals surface area contributed by atoms with Gasteiger partial charge in [-0.15, -0.1) is 0 Å². The molecule has 4 heterocycles. The van der Waals surface area contributed by atoms with Crippen LogP contribution >= 0.6 is 23.2 Å². The third-order valence-corrected chi connectivity index (χ3v) is 7.52. The molecule has 0 saturated carbocycles. The number of carbonyl (C=O) groups excluding carboxylic acids is 1. The number of anilines is 2. The van der Waals surface area contributed by atoms with E-state index in [9.17, 15) is 14.9 Å². The van der Waals surface area contributed by atoms with E-state index in [1.165, 1.54) is 17.7 Å². The molecule has 3 aromatic heterocycles. The highest BCUT2D eigenvalue weighted by Crippen LogP contribution is 2.49. The average Bonchev–Trinajstić information content (AvgIpc) is 3.43. The SMILES string of the molecule is COc1nc(N(C)C)ncc1-c1c(C#N)c2c(n1C(C)C)C(c1ccc(Cl)cc1)N(c1cc(Cl)c(=O)n(C)c1)C2=O. The van der Waals surface area contributed by atoms with Gasteiger partial charge < -0.3 is 18.8 Å². The zero-order chi connectivity index (χ0) is 29.7. The Bertz CT molecular complexity index is 1760. The molecule has 10 nitrogen and oxygen atoms in total. The number of fused-ring (bicyclic) bond motifs is 1. The van der Waals surface area contributed by atoms with E-state index in [2.05, 4.69) is 16.0 Å². The van der Waals surface area contributed by atoms with Gasteiger partial charge in [-0.2, -0.15) is 10.2 Å². The van der Waals surface area contributed by atoms with Crippen LogP contribution in [0.3, 0.4) is 0 Å². The standard InChI is InChI=1S/C29H27Cl2N7O3/c1-15(2)37-24(20-13-33-29(35(3)4)34-26(20)41-6)19(12-32)22-25(37)23(16-7-9-17(30)10-8-16)38(28(22)40)18-11-21(31)27(39)36(5)14-18/h7-11,13-15,23H,1-6H3. The number of aryl methyl sites for hydroxylation is 1. The average molecular weight is 592 g/mol. The molecule has 1 amide bonds. The fourth-order valence-corrected chi connectivity index (χ4v) is 5.63. The molecule has 0 aliphatic carbocycles. The van der Waals surface area contributed by atoms with Crippen molar-refractivity contribution in [2.75, 3.05) is 31.0 Å². The Morgan fingerprint density at radius 2 is 1.83 bits per heavy atom. The lowest BCUT2D eigenvalue weighted by Gasteiger charge is -2.29. The minimum atomic E-state index is -0.667. The maximum atomic E-state index is 14.4. The van der Waals surface area contributed by atoms with E-state index in [4.69, 9.17) is 27.9 Å². The normalized spacial score (nSPS) is 14.4. The molecule has 210 valence electrons. The van der Waals surface area contributed by atoms with Crippen molar-refractivity contribution in [3.8, 4) is 23.2 Å². The van der Waals surface area contributed by atoms with Crippen molar-refractivity contribution in [3.63, 3.8) is 0 Å². The Balaban J connectivity index is 1.87. The lowest BCUT2D eigenvalue weighted by atomic mass is 10.0. The number of hydrogen-bond acceptors (Lipinski definition) is 7. The Hall–Kier alpha value is -4.33. The van der Waals surface area contributed by atoms with E-state index < -0.39 is 11.9 Å². The fourth-order valence-electron chi connectivity index (χ4n) is 5.26. The predicted octanol–water partition coefficient (Wildman–Crippen LogP) is 5.23. The van der Waals surface area contributed by atoms with Gasteiger partial charge in [-0.1, -0.05) is 35.3 Å². The maximum Gasteiger partial charge on any atom is 0.269 e. The van der Waals surface area contributed by atoms with E-state index in [1.807, 2.05) is 44.6 Å². The topological polar surface area (TPSA) is 109 Å². The molecule has 1 aliphatic heterocycles. The van der Waals surface area contributed by atoms with Gasteiger partial charge in [0, 0.05) is 44.6 Å². The highest BCUT2D eigenvalue weighted by molar-refractivity contribution is 6.31. The molecular weight excluding hydrogens is 565 g/mol. The molecule has 0 N–H and O–H groups in total. The number of rotatable bonds is 6. The molecule has 1 aliphatic rings. The zero-order valence-electron chi connectivity index (χ0n) is 23.3. The minimum Gasteiger partial charge on any atom is -0.480 e. The lowest BCUT2D eigenvalue weighted by molar-refractivity contribution is 0.0993. The van der Waals surface area contributed by atoms with Gasteiger partial charge in [0.05, 0.1) is 40.9 Å². The predicted molar refractivity (Wildman–Crippen MR) is 158 cm³/mol. The Morgan fingerprint density at radius 3 is 2.39 bits per heavy atom. The van der Waals surface area contributed by atoms with Crippen LogP contribution in [-0.4, -0.2) is 46.2 Å². The number of methoxy groups -OCH3 is 1. The molecule has 12 heteroatoms. The number of pyridine rings is 1. The van der Waals surface area contributed by atoms with Crippen molar-refractivity contribution < 1.29 is 9.53 Å². The molecule has 4 aromatic rings. The second-order valence-electron chi connectivity index (χ2n) is 10.1. The summed E-state index contributed by atoms with van der Waals surface area (Å²) >= 11 is 12.5. The van der Waals surface area contributed by atoms with Crippen molar-refractivity contribution in [1.82, 2.24) is 19.1 Å². The van der Waals surface area contributed by atoms with Crippen molar-refractivity contribution in [2.45, 2.75) is 25.9 Å². The highest BCUT2D eigenvalue weighted by Gasteiger charge is 2.46. The van der Waals surface area contributed by atoms with Crippen LogP contribution < -0.4 is 20.1 Å². The largest absolute Gasteiger partial charge is 0.480 e. The zero-order valence-corrected chi connectivity index (χ0v) is 24.8. The summed E-state index contributed by atoms with van der Waals surface area (Å²) < 4.78 is 8.94. The summed E-state index contributed by atoms with van der Waals surface area (Å²) in [6, 6.07) is 10.1. The monoisotopic (exact) mass is 591 g/mol. The number of amides is 1. The van der Waals surface area contributed by atoms with E-state index >= 15 is 0 Å². The second-order valence-corrected chi connectivity index (χ2v) is 11.0. The Labute approximate surface area is 246 Å². The van der Waals surface area contributed by atoms with Gasteiger partial charge in [-0.25, -0.2) is 4.98 Å². The van der Waals surface area contributed by atoms with Crippen LogP contribution in [0.25, 0.3) is 11.3 Å². The molecule has 1 atom stereocenters. The van der Waals surface area contributed by atoms with Crippen LogP contribution in [0.15, 0.2) is 47.5 Å². The summed E-state index contributed by atoms with van der Waals surface area (Å²) in [5, 5.41) is 11.0. The quantitative estimate of drug-likeness (QED) is 0.302. The second kappa shape index (κ2) is 10.6. The molecule has 0 bridgehead atoms. The van der Waals surface area contributed by atoms with Crippen molar-refractivity contribution in [3.05, 3.63) is 85.5 Å². The third kappa shape index (κ3) is 4.51. The van der Waals surface area contributed by atoms with Gasteiger partial charge >= 0.3 is 0 Å². The number of nitrogens with zero attached hydrogens (tertiary/aromatic N) is 7. The van der Waals surface area contributed by atoms with Crippen LogP contribution in [0.1, 0.15) is 53.1 Å². The number of hydrogen-bond donors (Lipinski definition) is 0. The Kier molecular flexibility index (Phi) is 7.28. The fraction of sp³-hybridized carbons (Fsp3) is 0.276. The van der Waals surface area contributed by atoms with Gasteiger partial charge in [-0.3, -0.25) is 14.5 Å². The van der Waals surface area contributed by atoms with Crippen LogP contribution in [0.5, 0.6) is 5.88 Å². The number of ether oxygens (including phenoxy) is 1. The molecule has 5 rings (SSSR count). The molecule has 1 unspecified atom stereocenters. The molecule has 0 spiro atoms. The molecule has 0 radical (unpaired) electrons. The highest BCUT2D eigenvalue weighted by atomic mass is 35.5. The van der Waals surface area contributed by atoms with Crippen LogP contribution in [0, 0.1) is 11.3 Å². The minimum absolute atomic E-state index is 0.0277. The van der Waals surface area contributed by atoms with Crippen LogP contribution in [0.4, 0.5) is 11.6 Å². The summed E-state index contributed by atoms with van der Waals surface area (Å²) in [6.07, 6.45) is 3.17. The lowest BCUT2D eigenvalue weighted by Crippen LogP contribution is -2.32. The van der Waals surface area contributed by atoms with Gasteiger partial charge in [0.1, 0.15) is 17.1 Å². The third-order valence-electron chi connectivity index (χ3n) is 7.00. The number of carbonyl (C=O) groups is 1. The van der Waals surface area contributed by atoms with Gasteiger partial charge in [0.25, 0.3) is 11.5 Å². The summed E-state index contributed by atoms with van der Waals surface area (Å²) in [7, 11) is 6.70. The number of benzene rings is 1. The maximum absolute atomic E-state index is 14.4. The van der Waals surface area contributed by atoms with Crippen molar-refractivity contribution >= 4 is 40.7 Å². The molecule has 0 saturated heterocycles. The van der Waals surface area contributed by atoms with E-state index in [1.54, 1.807) is 41.4 Å². The summed E-state index contributed by atoms with van der Waals surface area (Å²) in [4.78, 5) is 39.1. The van der Waals surface area contributed by atoms with Crippen LogP contribution in [0.2, 0.25) is 10.0 Å². The number of halogens is 2. The van der Waals surface area contributed by atoms with Gasteiger partial charge in [0.15, 0.2) is 0 Å². The molecule has 41 heavy (non-hydrogen) atoms. The van der Waals surface area contributed by atoms with Gasteiger partial charge in [0.2, 0.25) is 11.8 Å². The van der Waals surface area contributed by atoms with E-state index in [-0.39, 0.29) is 33.6 Å². The van der Waals surface area contributed by atoms with E-state index in [0.29, 0.717) is 33.6 Å². The first-order valence-corrected chi connectivity index (χ1v) is 13.5. The van der Waals surface area contributed by atoms with Crippen molar-refractivity contribution in [2.24, 2.45) is 7.05 Å². The molecular formula is C29H27Cl2N7O3. The first-order chi connectivity index (χ1) is 19.5. The number of aromatic nitrogens is 4. The first-order valence-electron chi connectivity index (χ1n) is 12.7. The smallest absolute Gasteiger partial charge is 0.269 e. The van der Waals surface area contributed by atoms with Gasteiger partial charge in [-0.05, 0) is 37.6 Å². The van der Waals surface area contributed by atoms with E-state index in [0.717, 1.165) is 5.56 Å². The first kappa shape index (κ1) is 28.2. The molecule has 0 fully saturated rings. The van der Waals surface area contributed by atoms with Crippen LogP contribution in [-0.2, 0) is 7.05 Å². The summed E-state index contributed by atoms with van der Waals surface area (Å²) in [5.41, 5.74) is 2.79. The Morgan fingerprint density at radius 1 is 1.15 bits per heavy atom. The van der Waals surface area contributed by atoms with Crippen molar-refractivity contribution in [1.29, 1.82) is 5.26 Å². The molecule has 1 aromatic carbocycles. The summed E-state index contributed by atoms with van der Waals surface area (Å²) in [6.45, 7) is 3.95. The number of nitriles is 1.